The van der Waals surface area contributed by atoms with E-state index in [1.54, 1.807) is 4.90 Å². The minimum absolute atomic E-state index is 0.0793. The summed E-state index contributed by atoms with van der Waals surface area (Å²) in [6.07, 6.45) is -3.77. The third kappa shape index (κ3) is 5.11. The Morgan fingerprint density at radius 2 is 1.87 bits per heavy atom. The summed E-state index contributed by atoms with van der Waals surface area (Å²) in [5.74, 6) is -1.12. The molecular formula is C22H23F3N2O3. The molecule has 0 aromatic heterocycles. The fraction of sp³-hybridized carbons (Fsp3) is 0.364. The van der Waals surface area contributed by atoms with Gasteiger partial charge in [-0.3, -0.25) is 9.59 Å². The fourth-order valence-corrected chi connectivity index (χ4v) is 3.47. The van der Waals surface area contributed by atoms with E-state index in [9.17, 15) is 22.8 Å². The minimum atomic E-state index is -4.77. The van der Waals surface area contributed by atoms with E-state index in [0.717, 1.165) is 29.8 Å². The molecule has 0 radical (unpaired) electrons. The van der Waals surface area contributed by atoms with Crippen LogP contribution in [-0.2, 0) is 9.59 Å². The summed E-state index contributed by atoms with van der Waals surface area (Å²) in [6, 6.07) is 12.6. The molecule has 2 aromatic carbocycles. The van der Waals surface area contributed by atoms with Crippen molar-refractivity contribution in [3.63, 3.8) is 0 Å². The van der Waals surface area contributed by atoms with Crippen LogP contribution >= 0.6 is 0 Å². The number of nitrogens with one attached hydrogen (secondary N) is 1. The lowest BCUT2D eigenvalue weighted by atomic mass is 9.96. The minimum Gasteiger partial charge on any atom is -0.406 e. The third-order valence-electron chi connectivity index (χ3n) is 5.22. The Bertz CT molecular complexity index is 913. The molecule has 30 heavy (non-hydrogen) atoms. The number of rotatable bonds is 6. The number of hydrogen-bond acceptors (Lipinski definition) is 3. The molecule has 160 valence electrons. The molecule has 1 aliphatic rings. The summed E-state index contributed by atoms with van der Waals surface area (Å²) in [7, 11) is 0. The van der Waals surface area contributed by atoms with Gasteiger partial charge in [0.1, 0.15) is 5.75 Å². The highest BCUT2D eigenvalue weighted by atomic mass is 19.4. The maximum atomic E-state index is 12.6. The maximum absolute atomic E-state index is 12.6. The normalized spacial score (nSPS) is 17.7. The number of nitrogens with zero attached hydrogens (tertiary/aromatic N) is 1. The number of halogens is 3. The largest absolute Gasteiger partial charge is 0.573 e. The van der Waals surface area contributed by atoms with Crippen LogP contribution in [0.25, 0.3) is 0 Å². The number of anilines is 2. The quantitative estimate of drug-likeness (QED) is 0.708. The highest BCUT2D eigenvalue weighted by Crippen LogP contribution is 2.34. The number of alkyl halides is 3. The van der Waals surface area contributed by atoms with E-state index in [2.05, 4.69) is 23.9 Å². The zero-order valence-electron chi connectivity index (χ0n) is 16.7. The molecule has 1 saturated heterocycles. The summed E-state index contributed by atoms with van der Waals surface area (Å²) >= 11 is 0. The molecular weight excluding hydrogens is 397 g/mol. The molecule has 1 fully saturated rings. The second kappa shape index (κ2) is 8.77. The van der Waals surface area contributed by atoms with Gasteiger partial charge in [0.15, 0.2) is 0 Å². The van der Waals surface area contributed by atoms with Crippen molar-refractivity contribution in [2.45, 2.75) is 39.0 Å². The van der Waals surface area contributed by atoms with E-state index in [0.29, 0.717) is 5.69 Å². The van der Waals surface area contributed by atoms with Gasteiger partial charge in [-0.05, 0) is 48.2 Å². The van der Waals surface area contributed by atoms with Crippen molar-refractivity contribution in [1.29, 1.82) is 0 Å². The van der Waals surface area contributed by atoms with Crippen molar-refractivity contribution >= 4 is 23.2 Å². The Morgan fingerprint density at radius 1 is 1.20 bits per heavy atom. The molecule has 0 spiro atoms. The Labute approximate surface area is 172 Å². The van der Waals surface area contributed by atoms with Gasteiger partial charge in [-0.25, -0.2) is 0 Å². The standard InChI is InChI=1S/C22H23F3N2O3/c1-3-14(2)18-6-4-5-7-19(18)27-13-15(12-20(27)28)21(29)26-16-8-10-17(11-9-16)30-22(23,24)25/h4-11,14-15H,3,12-13H2,1-2H3,(H,26,29)/t14-,15+/m0/s1. The second-order valence-corrected chi connectivity index (χ2v) is 7.33. The van der Waals surface area contributed by atoms with Gasteiger partial charge in [0, 0.05) is 24.3 Å². The first-order valence-electron chi connectivity index (χ1n) is 9.74. The highest BCUT2D eigenvalue weighted by molar-refractivity contribution is 6.03. The molecule has 2 aromatic rings. The van der Waals surface area contributed by atoms with Gasteiger partial charge in [0.2, 0.25) is 11.8 Å². The van der Waals surface area contributed by atoms with Crippen LogP contribution in [0.4, 0.5) is 24.5 Å². The SMILES string of the molecule is CC[C@H](C)c1ccccc1N1C[C@H](C(=O)Nc2ccc(OC(F)(F)F)cc2)CC1=O. The number of carbonyl (C=O) groups excluding carboxylic acids is 2. The van der Waals surface area contributed by atoms with Gasteiger partial charge < -0.3 is 15.0 Å². The molecule has 3 rings (SSSR count). The predicted molar refractivity (Wildman–Crippen MR) is 107 cm³/mol. The van der Waals surface area contributed by atoms with E-state index >= 15 is 0 Å². The van der Waals surface area contributed by atoms with E-state index in [1.165, 1.54) is 12.1 Å². The molecule has 5 nitrogen and oxygen atoms in total. The molecule has 0 saturated carbocycles. The van der Waals surface area contributed by atoms with Crippen LogP contribution in [-0.4, -0.2) is 24.7 Å². The maximum Gasteiger partial charge on any atom is 0.573 e. The van der Waals surface area contributed by atoms with Gasteiger partial charge >= 0.3 is 6.36 Å². The van der Waals surface area contributed by atoms with Gasteiger partial charge in [-0.15, -0.1) is 13.2 Å². The lowest BCUT2D eigenvalue weighted by Gasteiger charge is -2.23. The summed E-state index contributed by atoms with van der Waals surface area (Å²) in [4.78, 5) is 26.9. The molecule has 1 aliphatic heterocycles. The zero-order chi connectivity index (χ0) is 21.9. The number of ether oxygens (including phenoxy) is 1. The smallest absolute Gasteiger partial charge is 0.406 e. The molecule has 0 unspecified atom stereocenters. The van der Waals surface area contributed by atoms with Crippen LogP contribution in [0.1, 0.15) is 38.2 Å². The number of carbonyl (C=O) groups is 2. The van der Waals surface area contributed by atoms with Crippen LogP contribution in [0.15, 0.2) is 48.5 Å². The average Bonchev–Trinajstić information content (AvgIpc) is 3.09. The monoisotopic (exact) mass is 420 g/mol. The van der Waals surface area contributed by atoms with Gasteiger partial charge in [0.05, 0.1) is 5.92 Å². The van der Waals surface area contributed by atoms with Gasteiger partial charge in [-0.1, -0.05) is 32.0 Å². The molecule has 0 aliphatic carbocycles. The molecule has 2 amide bonds. The van der Waals surface area contributed by atoms with Gasteiger partial charge in [0.25, 0.3) is 0 Å². The first-order chi connectivity index (χ1) is 14.2. The summed E-state index contributed by atoms with van der Waals surface area (Å²) in [5.41, 5.74) is 2.22. The van der Waals surface area contributed by atoms with Gasteiger partial charge in [-0.2, -0.15) is 0 Å². The highest BCUT2D eigenvalue weighted by Gasteiger charge is 2.36. The van der Waals surface area contributed by atoms with E-state index in [-0.39, 0.29) is 36.4 Å². The number of hydrogen-bond donors (Lipinski definition) is 1. The fourth-order valence-electron chi connectivity index (χ4n) is 3.47. The summed E-state index contributed by atoms with van der Waals surface area (Å²) in [6.45, 7) is 4.43. The van der Waals surface area contributed by atoms with Crippen LogP contribution in [0.2, 0.25) is 0 Å². The molecule has 1 heterocycles. The second-order valence-electron chi connectivity index (χ2n) is 7.33. The molecule has 1 N–H and O–H groups in total. The number of para-hydroxylation sites is 1. The predicted octanol–water partition coefficient (Wildman–Crippen LogP) is 5.09. The van der Waals surface area contributed by atoms with Crippen molar-refractivity contribution in [3.05, 3.63) is 54.1 Å². The summed E-state index contributed by atoms with van der Waals surface area (Å²) in [5, 5.41) is 2.66. The van der Waals surface area contributed by atoms with E-state index < -0.39 is 12.3 Å². The molecule has 0 bridgehead atoms. The van der Waals surface area contributed by atoms with Crippen molar-refractivity contribution in [2.75, 3.05) is 16.8 Å². The van der Waals surface area contributed by atoms with Crippen molar-refractivity contribution in [2.24, 2.45) is 5.92 Å². The third-order valence-corrected chi connectivity index (χ3v) is 5.22. The van der Waals surface area contributed by atoms with Crippen LogP contribution in [0, 0.1) is 5.92 Å². The summed E-state index contributed by atoms with van der Waals surface area (Å²) < 4.78 is 40.5. The molecule has 2 atom stereocenters. The first-order valence-corrected chi connectivity index (χ1v) is 9.74. The van der Waals surface area contributed by atoms with Crippen LogP contribution in [0.5, 0.6) is 5.75 Å². The molecule has 8 heteroatoms. The Balaban J connectivity index is 1.67. The van der Waals surface area contributed by atoms with Crippen molar-refractivity contribution < 1.29 is 27.5 Å². The van der Waals surface area contributed by atoms with Crippen LogP contribution in [0.3, 0.4) is 0 Å². The Hall–Kier alpha value is -3.03. The Kier molecular flexibility index (Phi) is 6.34. The van der Waals surface area contributed by atoms with Crippen LogP contribution < -0.4 is 15.0 Å². The van der Waals surface area contributed by atoms with E-state index in [4.69, 9.17) is 0 Å². The lowest BCUT2D eigenvalue weighted by Crippen LogP contribution is -2.29. The number of benzene rings is 2. The average molecular weight is 420 g/mol. The lowest BCUT2D eigenvalue weighted by molar-refractivity contribution is -0.274. The topological polar surface area (TPSA) is 58.6 Å². The zero-order valence-corrected chi connectivity index (χ0v) is 16.7. The van der Waals surface area contributed by atoms with Crippen molar-refractivity contribution in [1.82, 2.24) is 0 Å². The van der Waals surface area contributed by atoms with E-state index in [1.807, 2.05) is 24.3 Å². The van der Waals surface area contributed by atoms with Crippen molar-refractivity contribution in [3.8, 4) is 5.75 Å². The first kappa shape index (κ1) is 21.7. The number of amides is 2. The Morgan fingerprint density at radius 3 is 2.50 bits per heavy atom.